The molecule has 164 valence electrons. The fraction of sp³-hybridized carbons (Fsp3) is 0.133. The molecule has 0 aliphatic carbocycles. The van der Waals surface area contributed by atoms with Crippen LogP contribution in [-0.4, -0.2) is 57.8 Å². The van der Waals surface area contributed by atoms with E-state index in [9.17, 15) is 39.7 Å². The lowest BCUT2D eigenvalue weighted by Crippen LogP contribution is -2.32. The molecule has 0 atom stereocenters. The first-order valence-electron chi connectivity index (χ1n) is 7.80. The summed E-state index contributed by atoms with van der Waals surface area (Å²) in [4.78, 5) is 10.6. The summed E-state index contributed by atoms with van der Waals surface area (Å²) < 4.78 is 86.9. The van der Waals surface area contributed by atoms with Gasteiger partial charge in [-0.1, -0.05) is 6.58 Å². The third-order valence-electron chi connectivity index (χ3n) is 3.75. The summed E-state index contributed by atoms with van der Waals surface area (Å²) in [6.45, 7) is 2.79. The minimum Gasteiger partial charge on any atom is -0.507 e. The highest BCUT2D eigenvalue weighted by Crippen LogP contribution is 2.36. The molecule has 0 aromatic heterocycles. The number of hydrogen-bond acceptors (Lipinski definition) is 8. The fourth-order valence-electron chi connectivity index (χ4n) is 2.39. The Hall–Kier alpha value is -2.72. The van der Waals surface area contributed by atoms with Crippen LogP contribution in [0.4, 0.5) is 10.5 Å². The number of benzene rings is 2. The van der Waals surface area contributed by atoms with Crippen LogP contribution in [0.5, 0.6) is 5.75 Å². The molecule has 0 fully saturated rings. The number of carbonyl (C=O) groups excluding carboxylic acids is 1. The van der Waals surface area contributed by atoms with Crippen LogP contribution in [0.2, 0.25) is 0 Å². The van der Waals surface area contributed by atoms with E-state index < -0.39 is 57.4 Å². The van der Waals surface area contributed by atoms with E-state index in [-0.39, 0.29) is 23.0 Å². The first kappa shape index (κ1) is 23.6. The summed E-state index contributed by atoms with van der Waals surface area (Å²) in [7, 11) is -13.2. The summed E-state index contributed by atoms with van der Waals surface area (Å²) in [5.74, 6) is -1.19. The predicted molar refractivity (Wildman–Crippen MR) is 106 cm³/mol. The average molecular weight is 480 g/mol. The van der Waals surface area contributed by atoms with Crippen molar-refractivity contribution in [1.29, 1.82) is 0 Å². The second kappa shape index (κ2) is 8.19. The minimum atomic E-state index is -4.81. The number of fused-ring (bicyclic) bond motifs is 1. The molecule has 2 aromatic carbocycles. The summed E-state index contributed by atoms with van der Waals surface area (Å²) >= 11 is 0. The molecule has 0 aliphatic rings. The zero-order valence-electron chi connectivity index (χ0n) is 14.9. The maximum Gasteiger partial charge on any atom is 0.319 e. The standard InChI is InChI=1S/C15H16N2O10S3/c1-2-28(20,21)4-3-16-15(19)17-12-7-10(29(22,23)24)5-9-6-11(30(25,26)27)8-13(18)14(9)12/h2,5-8,18H,1,3-4H2,(H2,16,17,19)(H,22,23,24)(H,25,26,27). The third-order valence-corrected chi connectivity index (χ3v) is 6.69. The molecule has 0 bridgehead atoms. The van der Waals surface area contributed by atoms with Gasteiger partial charge in [0.2, 0.25) is 0 Å². The van der Waals surface area contributed by atoms with Crippen molar-refractivity contribution in [2.24, 2.45) is 0 Å². The van der Waals surface area contributed by atoms with Gasteiger partial charge in [-0.25, -0.2) is 13.2 Å². The molecule has 12 nitrogen and oxygen atoms in total. The highest BCUT2D eigenvalue weighted by atomic mass is 32.2. The van der Waals surface area contributed by atoms with Crippen LogP contribution >= 0.6 is 0 Å². The summed E-state index contributed by atoms with van der Waals surface area (Å²) in [6.07, 6.45) is 0. The number of amides is 2. The van der Waals surface area contributed by atoms with Crippen molar-refractivity contribution in [3.63, 3.8) is 0 Å². The Morgan fingerprint density at radius 2 is 1.50 bits per heavy atom. The second-order valence-electron chi connectivity index (χ2n) is 5.88. The van der Waals surface area contributed by atoms with Crippen LogP contribution in [0, 0.1) is 0 Å². The van der Waals surface area contributed by atoms with E-state index in [2.05, 4.69) is 17.2 Å². The highest BCUT2D eigenvalue weighted by molar-refractivity contribution is 7.94. The molecule has 0 heterocycles. The molecule has 15 heteroatoms. The first-order chi connectivity index (χ1) is 13.6. The van der Waals surface area contributed by atoms with Gasteiger partial charge in [-0.2, -0.15) is 16.8 Å². The van der Waals surface area contributed by atoms with Crippen molar-refractivity contribution >= 4 is 52.6 Å². The Morgan fingerprint density at radius 1 is 0.967 bits per heavy atom. The van der Waals surface area contributed by atoms with Crippen LogP contribution in [0.3, 0.4) is 0 Å². The zero-order chi connectivity index (χ0) is 22.9. The maximum absolute atomic E-state index is 12.1. The first-order valence-corrected chi connectivity index (χ1v) is 12.4. The van der Waals surface area contributed by atoms with Gasteiger partial charge in [-0.3, -0.25) is 9.11 Å². The van der Waals surface area contributed by atoms with Crippen molar-refractivity contribution in [3.05, 3.63) is 36.3 Å². The molecule has 0 spiro atoms. The van der Waals surface area contributed by atoms with Gasteiger partial charge >= 0.3 is 6.03 Å². The van der Waals surface area contributed by atoms with Crippen molar-refractivity contribution in [3.8, 4) is 5.75 Å². The van der Waals surface area contributed by atoms with Crippen molar-refractivity contribution in [1.82, 2.24) is 5.32 Å². The number of rotatable bonds is 7. The lowest BCUT2D eigenvalue weighted by molar-refractivity contribution is 0.252. The van der Waals surface area contributed by atoms with E-state index >= 15 is 0 Å². The fourth-order valence-corrected chi connectivity index (χ4v) is 4.02. The Balaban J connectivity index is 2.52. The van der Waals surface area contributed by atoms with Gasteiger partial charge in [0.15, 0.2) is 9.84 Å². The summed E-state index contributed by atoms with van der Waals surface area (Å²) in [5, 5.41) is 14.8. The molecule has 0 unspecified atom stereocenters. The van der Waals surface area contributed by atoms with Gasteiger partial charge < -0.3 is 15.7 Å². The van der Waals surface area contributed by atoms with Crippen LogP contribution in [0.25, 0.3) is 10.8 Å². The third kappa shape index (κ3) is 5.67. The lowest BCUT2D eigenvalue weighted by atomic mass is 10.1. The van der Waals surface area contributed by atoms with Crippen LogP contribution in [0.1, 0.15) is 0 Å². The normalized spacial score (nSPS) is 12.5. The molecular formula is C15H16N2O10S3. The number of aromatic hydroxyl groups is 1. The predicted octanol–water partition coefficient (Wildman–Crippen LogP) is 0.719. The SMILES string of the molecule is C=CS(=O)(=O)CCNC(=O)Nc1cc(S(=O)(=O)O)cc2cc(S(=O)(=O)O)cc(O)c12. The smallest absolute Gasteiger partial charge is 0.319 e. The van der Waals surface area contributed by atoms with Gasteiger partial charge in [0, 0.05) is 23.4 Å². The zero-order valence-corrected chi connectivity index (χ0v) is 17.4. The number of carbonyl (C=O) groups is 1. The Labute approximate surface area is 171 Å². The summed E-state index contributed by atoms with van der Waals surface area (Å²) in [5.41, 5.74) is -0.344. The van der Waals surface area contributed by atoms with Crippen LogP contribution in [-0.2, 0) is 30.1 Å². The number of hydrogen-bond donors (Lipinski definition) is 5. The van der Waals surface area contributed by atoms with Crippen LogP contribution < -0.4 is 10.6 Å². The van der Waals surface area contributed by atoms with Gasteiger partial charge in [0.05, 0.1) is 21.2 Å². The molecule has 2 rings (SSSR count). The van der Waals surface area contributed by atoms with Crippen molar-refractivity contribution < 1.29 is 44.3 Å². The lowest BCUT2D eigenvalue weighted by Gasteiger charge is -2.13. The van der Waals surface area contributed by atoms with Gasteiger partial charge in [0.25, 0.3) is 20.2 Å². The van der Waals surface area contributed by atoms with Gasteiger partial charge in [-0.05, 0) is 23.6 Å². The quantitative estimate of drug-likeness (QED) is 0.351. The van der Waals surface area contributed by atoms with E-state index in [1.807, 2.05) is 0 Å². The second-order valence-corrected chi connectivity index (χ2v) is 10.8. The number of sulfone groups is 1. The van der Waals surface area contributed by atoms with E-state index in [4.69, 9.17) is 4.55 Å². The molecule has 2 amide bonds. The highest BCUT2D eigenvalue weighted by Gasteiger charge is 2.20. The maximum atomic E-state index is 12.1. The number of phenolic OH excluding ortho intramolecular Hbond substituents is 1. The van der Waals surface area contributed by atoms with Gasteiger partial charge in [-0.15, -0.1) is 0 Å². The molecule has 5 N–H and O–H groups in total. The van der Waals surface area contributed by atoms with Crippen molar-refractivity contribution in [2.75, 3.05) is 17.6 Å². The molecule has 2 aromatic rings. The summed E-state index contributed by atoms with van der Waals surface area (Å²) in [6, 6.07) is 2.12. The number of anilines is 1. The Kier molecular flexibility index (Phi) is 6.43. The van der Waals surface area contributed by atoms with Crippen molar-refractivity contribution in [2.45, 2.75) is 9.79 Å². The number of nitrogens with one attached hydrogen (secondary N) is 2. The molecule has 0 aliphatic heterocycles. The topological polar surface area (TPSA) is 204 Å². The Bertz CT molecular complexity index is 1340. The molecular weight excluding hydrogens is 464 g/mol. The largest absolute Gasteiger partial charge is 0.507 e. The Morgan fingerprint density at radius 3 is 2.00 bits per heavy atom. The van der Waals surface area contributed by atoms with E-state index in [1.54, 1.807) is 0 Å². The molecule has 30 heavy (non-hydrogen) atoms. The molecule has 0 radical (unpaired) electrons. The van der Waals surface area contributed by atoms with E-state index in [1.165, 1.54) is 0 Å². The molecule has 0 saturated heterocycles. The number of phenols is 1. The molecule has 0 saturated carbocycles. The monoisotopic (exact) mass is 480 g/mol. The van der Waals surface area contributed by atoms with E-state index in [0.29, 0.717) is 11.5 Å². The number of urea groups is 1. The van der Waals surface area contributed by atoms with Crippen LogP contribution in [0.15, 0.2) is 46.0 Å². The minimum absolute atomic E-state index is 0.205. The van der Waals surface area contributed by atoms with E-state index in [0.717, 1.165) is 18.2 Å². The average Bonchev–Trinajstić information content (AvgIpc) is 2.59. The van der Waals surface area contributed by atoms with Gasteiger partial charge in [0.1, 0.15) is 5.75 Å².